The fourth-order valence-corrected chi connectivity index (χ4v) is 5.30. The molecule has 21 heavy (non-hydrogen) atoms. The molecule has 4 N–H and O–H groups in total. The first-order valence-electron chi connectivity index (χ1n) is 5.76. The summed E-state index contributed by atoms with van der Waals surface area (Å²) in [5.41, 5.74) is 5.13. The molecule has 0 aliphatic heterocycles. The van der Waals surface area contributed by atoms with Gasteiger partial charge in [0, 0.05) is 5.92 Å². The summed E-state index contributed by atoms with van der Waals surface area (Å²) in [5.74, 6) is -1.38. The molecule has 0 fully saturated rings. The third kappa shape index (κ3) is 2.27. The van der Waals surface area contributed by atoms with Crippen molar-refractivity contribution in [1.82, 2.24) is 0 Å². The Hall–Kier alpha value is -1.68. The lowest BCUT2D eigenvalue weighted by molar-refractivity contribution is 0.423. The van der Waals surface area contributed by atoms with Gasteiger partial charge in [0.1, 0.15) is 0 Å². The molecule has 114 valence electrons. The van der Waals surface area contributed by atoms with Crippen LogP contribution in [0.3, 0.4) is 0 Å². The first-order chi connectivity index (χ1) is 9.62. The van der Waals surface area contributed by atoms with Crippen LogP contribution in [0.4, 0.5) is 0 Å². The third-order valence-electron chi connectivity index (χ3n) is 3.32. The van der Waals surface area contributed by atoms with Crippen molar-refractivity contribution in [2.24, 2.45) is 5.73 Å². The zero-order valence-electron chi connectivity index (χ0n) is 10.6. The van der Waals surface area contributed by atoms with E-state index < -0.39 is 35.9 Å². The predicted molar refractivity (Wildman–Crippen MR) is 76.4 cm³/mol. The van der Waals surface area contributed by atoms with Crippen LogP contribution in [-0.2, 0) is 20.2 Å². The van der Waals surface area contributed by atoms with Gasteiger partial charge in [0.25, 0.3) is 24.3 Å². The first kappa shape index (κ1) is 15.7. The third-order valence-corrected chi connectivity index (χ3v) is 7.09. The molecule has 9 heteroatoms. The zero-order valence-corrected chi connectivity index (χ0v) is 12.3. The Balaban J connectivity index is 2.87. The molecule has 0 saturated heterocycles. The van der Waals surface area contributed by atoms with E-state index in [9.17, 15) is 25.9 Å². The van der Waals surface area contributed by atoms with Crippen LogP contribution < -0.4 is 5.73 Å². The van der Waals surface area contributed by atoms with Gasteiger partial charge in [-0.15, -0.1) is 0 Å². The molecule has 0 saturated carbocycles. The van der Waals surface area contributed by atoms with Gasteiger partial charge in [0.05, 0.1) is 5.70 Å². The van der Waals surface area contributed by atoms with E-state index in [1.165, 1.54) is 24.3 Å². The highest BCUT2D eigenvalue weighted by Gasteiger charge is 2.62. The summed E-state index contributed by atoms with van der Waals surface area (Å²) in [6, 6.07) is 7.72. The normalized spacial score (nSPS) is 21.8. The second kappa shape index (κ2) is 4.95. The molecular formula is C12H13NO6S2. The number of benzene rings is 1. The highest BCUT2D eigenvalue weighted by molar-refractivity contribution is 8.05. The van der Waals surface area contributed by atoms with Gasteiger partial charge < -0.3 is 5.73 Å². The van der Waals surface area contributed by atoms with Crippen molar-refractivity contribution in [2.75, 3.05) is 0 Å². The SMILES string of the molecule is NC1=CC=CC(c2ccccc2)C1(S(=O)(=O)O)S(=O)(=O)O. The van der Waals surface area contributed by atoms with Gasteiger partial charge in [-0.1, -0.05) is 42.5 Å². The van der Waals surface area contributed by atoms with Crippen molar-refractivity contribution in [2.45, 2.75) is 10.00 Å². The second-order valence-electron chi connectivity index (χ2n) is 4.51. The summed E-state index contributed by atoms with van der Waals surface area (Å²) in [5, 5.41) is 0. The maximum atomic E-state index is 11.8. The molecule has 1 aromatic carbocycles. The van der Waals surface area contributed by atoms with E-state index in [1.54, 1.807) is 18.2 Å². The molecular weight excluding hydrogens is 318 g/mol. The summed E-state index contributed by atoms with van der Waals surface area (Å²) in [4.78, 5) is 0. The number of rotatable bonds is 3. The molecule has 1 aliphatic rings. The summed E-state index contributed by atoms with van der Waals surface area (Å²) in [6.07, 6.45) is 3.62. The van der Waals surface area contributed by atoms with Gasteiger partial charge in [-0.2, -0.15) is 16.8 Å². The topological polar surface area (TPSA) is 135 Å². The average molecular weight is 331 g/mol. The van der Waals surface area contributed by atoms with Crippen LogP contribution >= 0.6 is 0 Å². The number of hydrogen-bond donors (Lipinski definition) is 3. The molecule has 0 bridgehead atoms. The van der Waals surface area contributed by atoms with Gasteiger partial charge in [0.2, 0.25) is 0 Å². The molecule has 0 aromatic heterocycles. The Morgan fingerprint density at radius 2 is 1.52 bits per heavy atom. The quantitative estimate of drug-likeness (QED) is 0.692. The Morgan fingerprint density at radius 1 is 1.00 bits per heavy atom. The van der Waals surface area contributed by atoms with Crippen LogP contribution in [-0.4, -0.2) is 30.0 Å². The van der Waals surface area contributed by atoms with E-state index in [0.717, 1.165) is 6.08 Å². The van der Waals surface area contributed by atoms with Gasteiger partial charge in [-0.3, -0.25) is 9.11 Å². The van der Waals surface area contributed by atoms with E-state index in [2.05, 4.69) is 0 Å². The van der Waals surface area contributed by atoms with E-state index in [1.807, 2.05) is 0 Å². The Bertz CT molecular complexity index is 777. The fourth-order valence-electron chi connectivity index (χ4n) is 2.44. The molecule has 0 heterocycles. The van der Waals surface area contributed by atoms with Crippen molar-refractivity contribution in [3.8, 4) is 0 Å². The maximum Gasteiger partial charge on any atom is 0.294 e. The largest absolute Gasteiger partial charge is 0.400 e. The summed E-state index contributed by atoms with van der Waals surface area (Å²) in [7, 11) is -10.5. The van der Waals surface area contributed by atoms with Crippen LogP contribution in [0.25, 0.3) is 0 Å². The summed E-state index contributed by atoms with van der Waals surface area (Å²) < 4.78 is 63.2. The van der Waals surface area contributed by atoms with Gasteiger partial charge >= 0.3 is 0 Å². The Labute approximate surface area is 122 Å². The van der Waals surface area contributed by atoms with Crippen LogP contribution in [0, 0.1) is 0 Å². The average Bonchev–Trinajstić information content (AvgIpc) is 2.36. The minimum atomic E-state index is -5.27. The standard InChI is InChI=1S/C12H13NO6S2/c13-11-8-4-7-10(9-5-2-1-3-6-9)12(11,20(14,15)16)21(17,18)19/h1-8,10H,13H2,(H,14,15,16)(H,17,18,19). The van der Waals surface area contributed by atoms with Gasteiger partial charge in [-0.25, -0.2) is 0 Å². The number of nitrogens with two attached hydrogens (primary N) is 1. The maximum absolute atomic E-state index is 11.8. The van der Waals surface area contributed by atoms with Gasteiger partial charge in [-0.05, 0) is 11.6 Å². The van der Waals surface area contributed by atoms with Crippen LogP contribution in [0.5, 0.6) is 0 Å². The van der Waals surface area contributed by atoms with Crippen molar-refractivity contribution >= 4 is 20.2 Å². The lowest BCUT2D eigenvalue weighted by Crippen LogP contribution is -2.54. The van der Waals surface area contributed by atoms with Crippen LogP contribution in [0.2, 0.25) is 0 Å². The molecule has 1 aromatic rings. The highest BCUT2D eigenvalue weighted by atomic mass is 32.3. The molecule has 0 amide bonds. The van der Waals surface area contributed by atoms with Crippen molar-refractivity contribution in [3.05, 3.63) is 59.8 Å². The minimum Gasteiger partial charge on any atom is -0.400 e. The zero-order chi connectivity index (χ0) is 15.9. The number of allylic oxidation sites excluding steroid dienone is 3. The molecule has 7 nitrogen and oxygen atoms in total. The molecule has 0 radical (unpaired) electrons. The van der Waals surface area contributed by atoms with Gasteiger partial charge in [0.15, 0.2) is 0 Å². The predicted octanol–water partition coefficient (Wildman–Crippen LogP) is 0.655. The van der Waals surface area contributed by atoms with Crippen molar-refractivity contribution in [1.29, 1.82) is 0 Å². The lowest BCUT2D eigenvalue weighted by Gasteiger charge is -2.35. The monoisotopic (exact) mass is 331 g/mol. The fraction of sp³-hybridized carbons (Fsp3) is 0.167. The molecule has 1 atom stereocenters. The van der Waals surface area contributed by atoms with Crippen molar-refractivity contribution in [3.63, 3.8) is 0 Å². The molecule has 2 rings (SSSR count). The smallest absolute Gasteiger partial charge is 0.294 e. The lowest BCUT2D eigenvalue weighted by atomic mass is 9.90. The molecule has 1 unspecified atom stereocenters. The molecule has 1 aliphatic carbocycles. The summed E-state index contributed by atoms with van der Waals surface area (Å²) in [6.45, 7) is 0. The minimum absolute atomic E-state index is 0.264. The van der Waals surface area contributed by atoms with E-state index in [4.69, 9.17) is 5.73 Å². The second-order valence-corrected chi connectivity index (χ2v) is 7.96. The summed E-state index contributed by atoms with van der Waals surface area (Å²) >= 11 is 0. The van der Waals surface area contributed by atoms with Crippen molar-refractivity contribution < 1.29 is 25.9 Å². The number of hydrogen-bond acceptors (Lipinski definition) is 5. The van der Waals surface area contributed by atoms with Crippen LogP contribution in [0.1, 0.15) is 11.5 Å². The highest BCUT2D eigenvalue weighted by Crippen LogP contribution is 2.45. The van der Waals surface area contributed by atoms with Crippen LogP contribution in [0.15, 0.2) is 54.3 Å². The Morgan fingerprint density at radius 3 is 2.00 bits per heavy atom. The van der Waals surface area contributed by atoms with E-state index in [0.29, 0.717) is 0 Å². The first-order valence-corrected chi connectivity index (χ1v) is 8.64. The van der Waals surface area contributed by atoms with E-state index >= 15 is 0 Å². The Kier molecular flexibility index (Phi) is 3.70. The van der Waals surface area contributed by atoms with E-state index in [-0.39, 0.29) is 5.56 Å². The molecule has 0 spiro atoms.